The number of hydrogen-bond donors (Lipinski definition) is 2. The van der Waals surface area contributed by atoms with Gasteiger partial charge in [-0.1, -0.05) is 12.1 Å². The highest BCUT2D eigenvalue weighted by Gasteiger charge is 2.37. The minimum atomic E-state index is -0.431. The SMILES string of the molecule is COc1ccc(C2NC(=O)c3cc(F)cc4c3N2CCC4N)cc1. The van der Waals surface area contributed by atoms with E-state index in [0.717, 1.165) is 17.0 Å². The molecular weight excluding hydrogens is 309 g/mol. The first-order valence-electron chi connectivity index (χ1n) is 7.89. The summed E-state index contributed by atoms with van der Waals surface area (Å²) in [6, 6.07) is 10.0. The third-order valence-electron chi connectivity index (χ3n) is 4.73. The van der Waals surface area contributed by atoms with Crippen LogP contribution in [0.1, 0.15) is 40.1 Å². The molecule has 4 rings (SSSR count). The van der Waals surface area contributed by atoms with Gasteiger partial charge in [0.2, 0.25) is 0 Å². The Morgan fingerprint density at radius 2 is 2.04 bits per heavy atom. The molecule has 124 valence electrons. The van der Waals surface area contributed by atoms with E-state index >= 15 is 0 Å². The average molecular weight is 327 g/mol. The number of halogens is 1. The number of carbonyl (C=O) groups is 1. The number of ether oxygens (including phenoxy) is 1. The van der Waals surface area contributed by atoms with Crippen LogP contribution in [0.3, 0.4) is 0 Å². The topological polar surface area (TPSA) is 67.6 Å². The lowest BCUT2D eigenvalue weighted by molar-refractivity contribution is 0.0924. The Balaban J connectivity index is 1.82. The van der Waals surface area contributed by atoms with Crippen LogP contribution in [0.25, 0.3) is 0 Å². The van der Waals surface area contributed by atoms with Crippen molar-refractivity contribution in [1.82, 2.24) is 5.32 Å². The van der Waals surface area contributed by atoms with Gasteiger partial charge in [0, 0.05) is 12.6 Å². The molecule has 0 bridgehead atoms. The number of nitrogens with two attached hydrogens (primary N) is 1. The van der Waals surface area contributed by atoms with Crippen LogP contribution in [0.4, 0.5) is 10.1 Å². The Kier molecular flexibility index (Phi) is 3.42. The van der Waals surface area contributed by atoms with Crippen LogP contribution in [0.2, 0.25) is 0 Å². The molecule has 0 fully saturated rings. The van der Waals surface area contributed by atoms with Crippen LogP contribution >= 0.6 is 0 Å². The lowest BCUT2D eigenvalue weighted by Crippen LogP contribution is -2.50. The van der Waals surface area contributed by atoms with E-state index in [1.807, 2.05) is 24.3 Å². The molecule has 0 spiro atoms. The van der Waals surface area contributed by atoms with Gasteiger partial charge in [-0.25, -0.2) is 4.39 Å². The Morgan fingerprint density at radius 3 is 2.75 bits per heavy atom. The molecule has 6 heteroatoms. The van der Waals surface area contributed by atoms with Gasteiger partial charge in [0.1, 0.15) is 17.7 Å². The predicted molar refractivity (Wildman–Crippen MR) is 88.5 cm³/mol. The van der Waals surface area contributed by atoms with Crippen molar-refractivity contribution in [2.24, 2.45) is 5.73 Å². The van der Waals surface area contributed by atoms with E-state index in [0.29, 0.717) is 24.1 Å². The molecule has 2 aromatic rings. The maximum atomic E-state index is 13.9. The first kappa shape index (κ1) is 15.0. The summed E-state index contributed by atoms with van der Waals surface area (Å²) >= 11 is 0. The number of benzene rings is 2. The van der Waals surface area contributed by atoms with E-state index in [2.05, 4.69) is 10.2 Å². The zero-order valence-corrected chi connectivity index (χ0v) is 13.3. The molecule has 2 atom stereocenters. The van der Waals surface area contributed by atoms with Crippen LogP contribution in [0, 0.1) is 5.82 Å². The summed E-state index contributed by atoms with van der Waals surface area (Å²) in [5.41, 5.74) is 8.90. The Labute approximate surface area is 139 Å². The highest BCUT2D eigenvalue weighted by atomic mass is 19.1. The van der Waals surface area contributed by atoms with Crippen LogP contribution < -0.4 is 20.7 Å². The van der Waals surface area contributed by atoms with E-state index in [4.69, 9.17) is 10.5 Å². The second-order valence-electron chi connectivity index (χ2n) is 6.13. The van der Waals surface area contributed by atoms with Crippen molar-refractivity contribution in [3.63, 3.8) is 0 Å². The highest BCUT2D eigenvalue weighted by Crippen LogP contribution is 2.42. The molecule has 0 saturated heterocycles. The smallest absolute Gasteiger partial charge is 0.255 e. The molecule has 5 nitrogen and oxygen atoms in total. The fourth-order valence-electron chi connectivity index (χ4n) is 3.53. The van der Waals surface area contributed by atoms with Crippen LogP contribution in [0.5, 0.6) is 5.75 Å². The molecule has 2 unspecified atom stereocenters. The number of hydrogen-bond acceptors (Lipinski definition) is 4. The standard InChI is InChI=1S/C18H18FN3O2/c1-24-12-4-2-10(3-5-12)17-21-18(23)14-9-11(19)8-13-15(20)6-7-22(17)16(13)14/h2-5,8-9,15,17H,6-7,20H2,1H3,(H,21,23). The Hall–Kier alpha value is -2.60. The molecule has 3 N–H and O–H groups in total. The van der Waals surface area contributed by atoms with Gasteiger partial charge in [-0.15, -0.1) is 0 Å². The maximum absolute atomic E-state index is 13.9. The van der Waals surface area contributed by atoms with E-state index in [1.165, 1.54) is 12.1 Å². The number of nitrogens with zero attached hydrogens (tertiary/aromatic N) is 1. The molecule has 0 saturated carbocycles. The van der Waals surface area contributed by atoms with E-state index in [-0.39, 0.29) is 18.1 Å². The van der Waals surface area contributed by atoms with Gasteiger partial charge < -0.3 is 20.7 Å². The molecule has 0 aromatic heterocycles. The molecule has 2 aliphatic heterocycles. The van der Waals surface area contributed by atoms with Crippen molar-refractivity contribution in [2.45, 2.75) is 18.6 Å². The number of nitrogens with one attached hydrogen (secondary N) is 1. The van der Waals surface area contributed by atoms with Crippen molar-refractivity contribution in [3.05, 3.63) is 58.9 Å². The number of methoxy groups -OCH3 is 1. The van der Waals surface area contributed by atoms with Gasteiger partial charge >= 0.3 is 0 Å². The number of amides is 1. The Bertz CT molecular complexity index is 807. The van der Waals surface area contributed by atoms with E-state index in [1.54, 1.807) is 7.11 Å². The summed E-state index contributed by atoms with van der Waals surface area (Å²) in [5.74, 6) is 0.0423. The summed E-state index contributed by atoms with van der Waals surface area (Å²) in [6.45, 7) is 0.698. The minimum Gasteiger partial charge on any atom is -0.497 e. The molecular formula is C18H18FN3O2. The highest BCUT2D eigenvalue weighted by molar-refractivity contribution is 6.03. The van der Waals surface area contributed by atoms with Crippen molar-refractivity contribution in [2.75, 3.05) is 18.6 Å². The molecule has 2 aromatic carbocycles. The summed E-state index contributed by atoms with van der Waals surface area (Å²) in [6.07, 6.45) is 0.408. The Morgan fingerprint density at radius 1 is 1.29 bits per heavy atom. The third kappa shape index (κ3) is 2.22. The fraction of sp³-hybridized carbons (Fsp3) is 0.278. The number of rotatable bonds is 2. The summed E-state index contributed by atoms with van der Waals surface area (Å²) in [4.78, 5) is 14.6. The molecule has 2 heterocycles. The monoisotopic (exact) mass is 327 g/mol. The van der Waals surface area contributed by atoms with Gasteiger partial charge in [0.05, 0.1) is 18.4 Å². The number of anilines is 1. The molecule has 0 radical (unpaired) electrons. The third-order valence-corrected chi connectivity index (χ3v) is 4.73. The van der Waals surface area contributed by atoms with Gasteiger partial charge in [0.25, 0.3) is 5.91 Å². The minimum absolute atomic E-state index is 0.256. The van der Waals surface area contributed by atoms with E-state index in [9.17, 15) is 9.18 Å². The molecule has 1 amide bonds. The lowest BCUT2D eigenvalue weighted by atomic mass is 9.90. The van der Waals surface area contributed by atoms with Crippen molar-refractivity contribution in [1.29, 1.82) is 0 Å². The van der Waals surface area contributed by atoms with Crippen molar-refractivity contribution >= 4 is 11.6 Å². The lowest BCUT2D eigenvalue weighted by Gasteiger charge is -2.44. The summed E-state index contributed by atoms with van der Waals surface area (Å²) < 4.78 is 19.1. The van der Waals surface area contributed by atoms with Gasteiger partial charge in [0.15, 0.2) is 0 Å². The zero-order valence-electron chi connectivity index (χ0n) is 13.3. The van der Waals surface area contributed by atoms with Crippen LogP contribution in [-0.2, 0) is 0 Å². The van der Waals surface area contributed by atoms with Crippen molar-refractivity contribution < 1.29 is 13.9 Å². The van der Waals surface area contributed by atoms with E-state index < -0.39 is 5.82 Å². The number of carbonyl (C=O) groups excluding carboxylic acids is 1. The molecule has 2 aliphatic rings. The van der Waals surface area contributed by atoms with Gasteiger partial charge in [-0.3, -0.25) is 4.79 Å². The second-order valence-corrected chi connectivity index (χ2v) is 6.13. The second kappa shape index (κ2) is 5.49. The predicted octanol–water partition coefficient (Wildman–Crippen LogP) is 2.49. The summed E-state index contributed by atoms with van der Waals surface area (Å²) in [7, 11) is 1.61. The van der Waals surface area contributed by atoms with Crippen LogP contribution in [0.15, 0.2) is 36.4 Å². The fourth-order valence-corrected chi connectivity index (χ4v) is 3.53. The molecule has 0 aliphatic carbocycles. The molecule has 24 heavy (non-hydrogen) atoms. The zero-order chi connectivity index (χ0) is 16.8. The largest absolute Gasteiger partial charge is 0.497 e. The maximum Gasteiger partial charge on any atom is 0.255 e. The van der Waals surface area contributed by atoms with Gasteiger partial charge in [-0.05, 0) is 41.8 Å². The van der Waals surface area contributed by atoms with Crippen molar-refractivity contribution in [3.8, 4) is 5.75 Å². The summed E-state index contributed by atoms with van der Waals surface area (Å²) in [5, 5.41) is 2.97. The first-order chi connectivity index (χ1) is 11.6. The quantitative estimate of drug-likeness (QED) is 0.889. The average Bonchev–Trinajstić information content (AvgIpc) is 2.60. The first-order valence-corrected chi connectivity index (χ1v) is 7.89. The van der Waals surface area contributed by atoms with Gasteiger partial charge in [-0.2, -0.15) is 0 Å². The normalized spacial score (nSPS) is 22.0. The van der Waals surface area contributed by atoms with Crippen LogP contribution in [-0.4, -0.2) is 19.6 Å².